The van der Waals surface area contributed by atoms with E-state index in [1.807, 2.05) is 35.2 Å². The smallest absolute Gasteiger partial charge is 0.253 e. The van der Waals surface area contributed by atoms with Crippen molar-refractivity contribution in [3.8, 4) is 0 Å². The Labute approximate surface area is 277 Å². The summed E-state index contributed by atoms with van der Waals surface area (Å²) in [7, 11) is -3.90. The van der Waals surface area contributed by atoms with Gasteiger partial charge in [-0.05, 0) is 79.1 Å². The number of morpholine rings is 1. The third-order valence-electron chi connectivity index (χ3n) is 9.01. The Morgan fingerprint density at radius 2 is 1.72 bits per heavy atom. The lowest BCUT2D eigenvalue weighted by atomic mass is 9.89. The number of amides is 1. The van der Waals surface area contributed by atoms with E-state index in [-0.39, 0.29) is 30.5 Å². The van der Waals surface area contributed by atoms with Crippen LogP contribution in [0, 0.1) is 11.7 Å². The second kappa shape index (κ2) is 12.7. The van der Waals surface area contributed by atoms with Crippen LogP contribution in [0.3, 0.4) is 0 Å². The minimum absolute atomic E-state index is 0.00772. The van der Waals surface area contributed by atoms with Crippen molar-refractivity contribution in [2.75, 3.05) is 10.8 Å². The molecule has 3 aromatic rings. The Kier molecular flexibility index (Phi) is 8.62. The maximum Gasteiger partial charge on any atom is 0.253 e. The number of nitrogens with zero attached hydrogens (tertiary/aromatic N) is 2. The molecule has 2 aliphatic carbocycles. The third kappa shape index (κ3) is 6.31. The molecule has 2 saturated carbocycles. The van der Waals surface area contributed by atoms with Gasteiger partial charge in [0.25, 0.3) is 5.91 Å². The van der Waals surface area contributed by atoms with E-state index < -0.39 is 45.4 Å². The van der Waals surface area contributed by atoms with Crippen LogP contribution in [0.15, 0.2) is 84.7 Å². The van der Waals surface area contributed by atoms with Crippen LogP contribution >= 0.6 is 23.2 Å². The van der Waals surface area contributed by atoms with Crippen molar-refractivity contribution in [3.63, 3.8) is 0 Å². The molecule has 3 N–H and O–H groups in total. The van der Waals surface area contributed by atoms with Crippen molar-refractivity contribution < 1.29 is 22.3 Å². The van der Waals surface area contributed by atoms with E-state index in [0.717, 1.165) is 29.7 Å². The highest BCUT2D eigenvalue weighted by Crippen LogP contribution is 2.49. The van der Waals surface area contributed by atoms with Crippen molar-refractivity contribution in [2.45, 2.75) is 61.6 Å². The van der Waals surface area contributed by atoms with Crippen LogP contribution in [-0.2, 0) is 19.6 Å². The first-order valence-corrected chi connectivity index (χ1v) is 17.7. The number of carbonyl (C=O) groups is 1. The normalized spacial score (nSPS) is 23.8. The number of benzene rings is 3. The number of hydrogen-bond acceptors (Lipinski definition) is 7. The average molecular weight is 687 g/mol. The number of anilines is 1. The molecular formula is C33H34Cl2FN5O4S. The lowest BCUT2D eigenvalue weighted by molar-refractivity contribution is -0.179. The minimum Gasteiger partial charge on any atom is -0.358 e. The Morgan fingerprint density at radius 3 is 2.37 bits per heavy atom. The molecule has 0 unspecified atom stereocenters. The summed E-state index contributed by atoms with van der Waals surface area (Å²) >= 11 is 12.8. The van der Waals surface area contributed by atoms with E-state index in [2.05, 4.69) is 16.4 Å². The van der Waals surface area contributed by atoms with Crippen molar-refractivity contribution in [1.29, 1.82) is 0 Å². The van der Waals surface area contributed by atoms with Gasteiger partial charge in [-0.25, -0.2) is 12.8 Å². The summed E-state index contributed by atoms with van der Waals surface area (Å²) in [6.45, 7) is -0.0840. The molecule has 1 saturated heterocycles. The lowest BCUT2D eigenvalue weighted by Gasteiger charge is -2.49. The largest absolute Gasteiger partial charge is 0.358 e. The molecule has 242 valence electrons. The van der Waals surface area contributed by atoms with E-state index in [1.165, 1.54) is 22.5 Å². The molecule has 0 aromatic heterocycles. The molecule has 7 rings (SSSR count). The zero-order valence-electron chi connectivity index (χ0n) is 24.8. The van der Waals surface area contributed by atoms with Gasteiger partial charge >= 0.3 is 0 Å². The molecule has 4 atom stereocenters. The highest BCUT2D eigenvalue weighted by Gasteiger charge is 2.52. The highest BCUT2D eigenvalue weighted by atomic mass is 35.5. The molecular weight excluding hydrogens is 652 g/mol. The lowest BCUT2D eigenvalue weighted by Crippen LogP contribution is -2.59. The molecule has 0 radical (unpaired) electrons. The number of nitrogens with one attached hydrogen (secondary N) is 3. The molecule has 0 bridgehead atoms. The number of carbonyl (C=O) groups excluding carboxylic acids is 1. The number of halogens is 3. The number of ether oxygens (including phenoxy) is 1. The predicted octanol–water partition coefficient (Wildman–Crippen LogP) is 5.76. The van der Waals surface area contributed by atoms with Gasteiger partial charge in [0.1, 0.15) is 18.0 Å². The Morgan fingerprint density at radius 1 is 0.957 bits per heavy atom. The molecule has 9 nitrogen and oxygen atoms in total. The number of rotatable bonds is 11. The average Bonchev–Trinajstić information content (AvgIpc) is 3.98. The summed E-state index contributed by atoms with van der Waals surface area (Å²) in [5.41, 5.74) is 10.9. The Balaban J connectivity index is 1.37. The van der Waals surface area contributed by atoms with Crippen LogP contribution in [0.4, 0.5) is 10.1 Å². The second-order valence-electron chi connectivity index (χ2n) is 12.2. The number of hydrogen-bond donors (Lipinski definition) is 3. The fourth-order valence-electron chi connectivity index (χ4n) is 6.44. The van der Waals surface area contributed by atoms with Gasteiger partial charge in [-0.15, -0.1) is 0 Å². The molecule has 3 aromatic carbocycles. The van der Waals surface area contributed by atoms with Crippen LogP contribution < -0.4 is 20.7 Å². The number of sulfonamides is 1. The molecule has 4 aliphatic rings. The zero-order chi connectivity index (χ0) is 32.0. The van der Waals surface area contributed by atoms with Gasteiger partial charge in [0.2, 0.25) is 10.0 Å². The first-order valence-electron chi connectivity index (χ1n) is 15.4. The SMILES string of the molecule is O=C1[C@H](CC2=CNNN2)O[C@H](c2cccc(Cl)c2)[C@@H](c2ccc(Cl)cc2)N1[C@H](CN(c1ccccc1F)S(=O)(=O)C1CC1)C1CC1. The van der Waals surface area contributed by atoms with Gasteiger partial charge < -0.3 is 20.5 Å². The summed E-state index contributed by atoms with van der Waals surface area (Å²) in [4.78, 5) is 16.6. The maximum atomic E-state index is 15.4. The molecule has 2 heterocycles. The first kappa shape index (κ1) is 31.3. The summed E-state index contributed by atoms with van der Waals surface area (Å²) in [5.74, 6) is -0.895. The number of para-hydroxylation sites is 1. The third-order valence-corrected chi connectivity index (χ3v) is 11.8. The van der Waals surface area contributed by atoms with Gasteiger partial charge in [0, 0.05) is 28.4 Å². The van der Waals surface area contributed by atoms with Crippen molar-refractivity contribution >= 4 is 44.8 Å². The van der Waals surface area contributed by atoms with Crippen molar-refractivity contribution in [2.24, 2.45) is 5.92 Å². The van der Waals surface area contributed by atoms with Crippen LogP contribution in [0.2, 0.25) is 10.0 Å². The van der Waals surface area contributed by atoms with E-state index in [1.54, 1.807) is 30.5 Å². The first-order chi connectivity index (χ1) is 22.2. The summed E-state index contributed by atoms with van der Waals surface area (Å²) < 4.78 is 51.2. The standard InChI is InChI=1S/C33H34Cl2FN5O4S/c34-23-12-10-21(11-13-23)31-32(22-4-3-5-24(35)16-22)45-30(17-25-18-37-39-38-25)33(42)41(31)29(20-8-9-20)19-40(46(43,44)26-14-15-26)28-7-2-1-6-27(28)36/h1-7,10-13,16,18,20,26,29-32,37-39H,8-9,14-15,17,19H2/t29-,30+,31-,32-/m1/s1. The van der Waals surface area contributed by atoms with Crippen LogP contribution in [0.1, 0.15) is 55.4 Å². The molecule has 13 heteroatoms. The van der Waals surface area contributed by atoms with E-state index in [0.29, 0.717) is 22.9 Å². The van der Waals surface area contributed by atoms with Crippen LogP contribution in [0.5, 0.6) is 0 Å². The second-order valence-corrected chi connectivity index (χ2v) is 15.3. The molecule has 1 amide bonds. The quantitative estimate of drug-likeness (QED) is 0.236. The summed E-state index contributed by atoms with van der Waals surface area (Å²) in [6.07, 6.45) is 3.05. The van der Waals surface area contributed by atoms with Crippen molar-refractivity contribution in [3.05, 3.63) is 112 Å². The molecule has 2 aliphatic heterocycles. The molecule has 46 heavy (non-hydrogen) atoms. The fourth-order valence-corrected chi connectivity index (χ4v) is 8.64. The van der Waals surface area contributed by atoms with Crippen molar-refractivity contribution in [1.82, 2.24) is 21.3 Å². The Hall–Kier alpha value is -3.35. The summed E-state index contributed by atoms with van der Waals surface area (Å²) in [6, 6.07) is 19.3. The highest BCUT2D eigenvalue weighted by molar-refractivity contribution is 7.93. The van der Waals surface area contributed by atoms with E-state index >= 15 is 4.39 Å². The van der Waals surface area contributed by atoms with Gasteiger partial charge in [0.05, 0.1) is 29.6 Å². The van der Waals surface area contributed by atoms with Crippen LogP contribution in [-0.4, -0.2) is 43.2 Å². The van der Waals surface area contributed by atoms with Gasteiger partial charge in [-0.3, -0.25) is 9.10 Å². The zero-order valence-corrected chi connectivity index (χ0v) is 27.1. The van der Waals surface area contributed by atoms with Crippen LogP contribution in [0.25, 0.3) is 0 Å². The monoisotopic (exact) mass is 685 g/mol. The van der Waals surface area contributed by atoms with Gasteiger partial charge in [0.15, 0.2) is 0 Å². The topological polar surface area (TPSA) is 103 Å². The maximum absolute atomic E-state index is 15.4. The van der Waals surface area contributed by atoms with Gasteiger partial charge in [-0.1, -0.05) is 59.6 Å². The minimum atomic E-state index is -3.90. The number of hydrazine groups is 2. The molecule has 3 fully saturated rings. The van der Waals surface area contributed by atoms with Gasteiger partial charge in [-0.2, -0.15) is 5.53 Å². The van der Waals surface area contributed by atoms with E-state index in [9.17, 15) is 13.2 Å². The Bertz CT molecular complexity index is 1750. The summed E-state index contributed by atoms with van der Waals surface area (Å²) in [5, 5.41) is 0.478. The fraction of sp³-hybridized carbons (Fsp3) is 0.364. The predicted molar refractivity (Wildman–Crippen MR) is 174 cm³/mol. The van der Waals surface area contributed by atoms with E-state index in [4.69, 9.17) is 27.9 Å². The molecule has 0 spiro atoms.